The summed E-state index contributed by atoms with van der Waals surface area (Å²) in [5, 5.41) is 0.801. The number of halogens is 1. The van der Waals surface area contributed by atoms with E-state index in [0.717, 1.165) is 44.4 Å². The van der Waals surface area contributed by atoms with Gasteiger partial charge in [0.1, 0.15) is 0 Å². The van der Waals surface area contributed by atoms with E-state index in [-0.39, 0.29) is 0 Å². The largest absolute Gasteiger partial charge is 0.379 e. The summed E-state index contributed by atoms with van der Waals surface area (Å²) in [6.45, 7) is 7.23. The fraction of sp³-hybridized carbons (Fsp3) is 0.571. The van der Waals surface area contributed by atoms with E-state index in [1.54, 1.807) is 0 Å². The summed E-state index contributed by atoms with van der Waals surface area (Å²) in [5.41, 5.74) is 6.60. The molecule has 1 fully saturated rings. The van der Waals surface area contributed by atoms with Gasteiger partial charge in [-0.2, -0.15) is 0 Å². The van der Waals surface area contributed by atoms with Crippen LogP contribution >= 0.6 is 11.6 Å². The van der Waals surface area contributed by atoms with Crippen LogP contribution in [0.4, 0.5) is 5.69 Å². The molecule has 1 aliphatic rings. The van der Waals surface area contributed by atoms with Crippen LogP contribution in [0.15, 0.2) is 24.3 Å². The van der Waals surface area contributed by atoms with Gasteiger partial charge in [0.15, 0.2) is 0 Å². The Morgan fingerprint density at radius 3 is 2.63 bits per heavy atom. The third kappa shape index (κ3) is 4.66. The second-order valence-corrected chi connectivity index (χ2v) is 5.15. The first-order valence-electron chi connectivity index (χ1n) is 6.80. The summed E-state index contributed by atoms with van der Waals surface area (Å²) in [7, 11) is 0. The molecule has 0 aliphatic carbocycles. The average molecular weight is 284 g/mol. The molecule has 2 N–H and O–H groups in total. The molecule has 1 heterocycles. The number of nitrogens with two attached hydrogens (primary N) is 1. The van der Waals surface area contributed by atoms with E-state index in [1.165, 1.54) is 5.69 Å². The minimum Gasteiger partial charge on any atom is -0.379 e. The summed E-state index contributed by atoms with van der Waals surface area (Å²) in [5.74, 6) is 0. The van der Waals surface area contributed by atoms with Crippen molar-refractivity contribution in [1.29, 1.82) is 0 Å². The van der Waals surface area contributed by atoms with Crippen molar-refractivity contribution in [3.8, 4) is 0 Å². The maximum absolute atomic E-state index is 6.03. The van der Waals surface area contributed by atoms with Crippen molar-refractivity contribution < 1.29 is 4.74 Å². The Morgan fingerprint density at radius 2 is 1.95 bits per heavy atom. The smallest absolute Gasteiger partial charge is 0.0594 e. The van der Waals surface area contributed by atoms with Gasteiger partial charge in [-0.05, 0) is 18.2 Å². The predicted octanol–water partition coefficient (Wildman–Crippen LogP) is 1.44. The van der Waals surface area contributed by atoms with Crippen LogP contribution in [-0.4, -0.2) is 57.4 Å². The lowest BCUT2D eigenvalue weighted by molar-refractivity contribution is 0.107. The summed E-state index contributed by atoms with van der Waals surface area (Å²) < 4.78 is 5.42. The van der Waals surface area contributed by atoms with Gasteiger partial charge in [0.05, 0.1) is 13.2 Å². The molecule has 4 nitrogen and oxygen atoms in total. The molecule has 0 atom stereocenters. The fourth-order valence-electron chi connectivity index (χ4n) is 2.28. The van der Waals surface area contributed by atoms with Gasteiger partial charge >= 0.3 is 0 Å². The molecule has 0 aromatic heterocycles. The fourth-order valence-corrected chi connectivity index (χ4v) is 2.47. The van der Waals surface area contributed by atoms with E-state index in [0.29, 0.717) is 13.2 Å². The quantitative estimate of drug-likeness (QED) is 0.802. The van der Waals surface area contributed by atoms with E-state index in [2.05, 4.69) is 15.9 Å². The van der Waals surface area contributed by atoms with Gasteiger partial charge in [-0.15, -0.1) is 0 Å². The third-order valence-electron chi connectivity index (χ3n) is 3.36. The molecule has 5 heteroatoms. The van der Waals surface area contributed by atoms with Gasteiger partial charge in [0.2, 0.25) is 0 Å². The summed E-state index contributed by atoms with van der Waals surface area (Å²) >= 11 is 6.03. The highest BCUT2D eigenvalue weighted by atomic mass is 35.5. The van der Waals surface area contributed by atoms with Crippen LogP contribution in [0.25, 0.3) is 0 Å². The van der Waals surface area contributed by atoms with Crippen LogP contribution < -0.4 is 10.6 Å². The lowest BCUT2D eigenvalue weighted by Crippen LogP contribution is -2.47. The van der Waals surface area contributed by atoms with Gasteiger partial charge in [0, 0.05) is 50.0 Å². The molecular weight excluding hydrogens is 262 g/mol. The van der Waals surface area contributed by atoms with Crippen molar-refractivity contribution in [2.45, 2.75) is 0 Å². The molecule has 0 amide bonds. The standard InChI is InChI=1S/C14H22ClN3O/c15-13-2-1-3-14(12-13)18-7-5-17(6-8-18)9-11-19-10-4-16/h1-3,12H,4-11,16H2. The molecule has 1 saturated heterocycles. The van der Waals surface area contributed by atoms with Crippen molar-refractivity contribution in [3.63, 3.8) is 0 Å². The number of nitrogens with zero attached hydrogens (tertiary/aromatic N) is 2. The molecule has 0 unspecified atom stereocenters. The van der Waals surface area contributed by atoms with Gasteiger partial charge in [0.25, 0.3) is 0 Å². The lowest BCUT2D eigenvalue weighted by atomic mass is 10.2. The van der Waals surface area contributed by atoms with Gasteiger partial charge in [-0.1, -0.05) is 17.7 Å². The molecule has 0 radical (unpaired) electrons. The Kier molecular flexibility index (Phi) is 5.92. The lowest BCUT2D eigenvalue weighted by Gasteiger charge is -2.36. The third-order valence-corrected chi connectivity index (χ3v) is 3.59. The Hall–Kier alpha value is -0.810. The van der Waals surface area contributed by atoms with Crippen molar-refractivity contribution in [2.75, 3.05) is 57.4 Å². The van der Waals surface area contributed by atoms with Crippen molar-refractivity contribution in [3.05, 3.63) is 29.3 Å². The molecule has 1 aromatic rings. The zero-order chi connectivity index (χ0) is 13.5. The predicted molar refractivity (Wildman–Crippen MR) is 80.0 cm³/mol. The Morgan fingerprint density at radius 1 is 1.16 bits per heavy atom. The van der Waals surface area contributed by atoms with Crippen molar-refractivity contribution >= 4 is 17.3 Å². The first kappa shape index (κ1) is 14.6. The minimum atomic E-state index is 0.600. The molecule has 2 rings (SSSR count). The maximum Gasteiger partial charge on any atom is 0.0594 e. The first-order chi connectivity index (χ1) is 9.29. The monoisotopic (exact) mass is 283 g/mol. The second kappa shape index (κ2) is 7.70. The SMILES string of the molecule is NCCOCCN1CCN(c2cccc(Cl)c2)CC1. The normalized spacial score (nSPS) is 16.8. The average Bonchev–Trinajstić information content (AvgIpc) is 2.44. The van der Waals surface area contributed by atoms with Crippen molar-refractivity contribution in [2.24, 2.45) is 5.73 Å². The molecule has 0 spiro atoms. The molecular formula is C14H22ClN3O. The van der Waals surface area contributed by atoms with E-state index < -0.39 is 0 Å². The van der Waals surface area contributed by atoms with E-state index >= 15 is 0 Å². The highest BCUT2D eigenvalue weighted by molar-refractivity contribution is 6.30. The number of hydrogen-bond acceptors (Lipinski definition) is 4. The first-order valence-corrected chi connectivity index (χ1v) is 7.18. The second-order valence-electron chi connectivity index (χ2n) is 4.71. The van der Waals surface area contributed by atoms with E-state index in [4.69, 9.17) is 22.1 Å². The van der Waals surface area contributed by atoms with Gasteiger partial charge in [-0.25, -0.2) is 0 Å². The molecule has 19 heavy (non-hydrogen) atoms. The highest BCUT2D eigenvalue weighted by Gasteiger charge is 2.16. The molecule has 1 aliphatic heterocycles. The van der Waals surface area contributed by atoms with Crippen LogP contribution in [0.3, 0.4) is 0 Å². The van der Waals surface area contributed by atoms with E-state index in [9.17, 15) is 0 Å². The van der Waals surface area contributed by atoms with Crippen LogP contribution in [0, 0.1) is 0 Å². The number of piperazine rings is 1. The molecule has 1 aromatic carbocycles. The molecule has 106 valence electrons. The van der Waals surface area contributed by atoms with Crippen LogP contribution in [0.1, 0.15) is 0 Å². The Labute approximate surface area is 120 Å². The van der Waals surface area contributed by atoms with Gasteiger partial charge in [-0.3, -0.25) is 4.90 Å². The summed E-state index contributed by atoms with van der Waals surface area (Å²) in [6, 6.07) is 8.06. The topological polar surface area (TPSA) is 41.7 Å². The number of hydrogen-bond donors (Lipinski definition) is 1. The zero-order valence-corrected chi connectivity index (χ0v) is 12.0. The number of rotatable bonds is 6. The summed E-state index contributed by atoms with van der Waals surface area (Å²) in [6.07, 6.45) is 0. The maximum atomic E-state index is 6.03. The van der Waals surface area contributed by atoms with E-state index in [1.807, 2.05) is 18.2 Å². The minimum absolute atomic E-state index is 0.600. The summed E-state index contributed by atoms with van der Waals surface area (Å²) in [4.78, 5) is 4.81. The van der Waals surface area contributed by atoms with Crippen molar-refractivity contribution in [1.82, 2.24) is 4.90 Å². The van der Waals surface area contributed by atoms with Crippen LogP contribution in [0.2, 0.25) is 5.02 Å². The number of benzene rings is 1. The number of anilines is 1. The molecule has 0 bridgehead atoms. The zero-order valence-electron chi connectivity index (χ0n) is 11.2. The van der Waals surface area contributed by atoms with Gasteiger partial charge < -0.3 is 15.4 Å². The Bertz CT molecular complexity index is 381. The van der Waals surface area contributed by atoms with Crippen LogP contribution in [-0.2, 0) is 4.74 Å². The Balaban J connectivity index is 1.73. The highest BCUT2D eigenvalue weighted by Crippen LogP contribution is 2.20. The van der Waals surface area contributed by atoms with Crippen LogP contribution in [0.5, 0.6) is 0 Å². The molecule has 0 saturated carbocycles. The number of ether oxygens (including phenoxy) is 1.